The normalized spacial score (nSPS) is 11.3. The second-order valence-corrected chi connectivity index (χ2v) is 6.67. The smallest absolute Gasteiger partial charge is 0.365 e. The molecule has 9 nitrogen and oxygen atoms in total. The van der Waals surface area contributed by atoms with Crippen molar-refractivity contribution in [2.75, 3.05) is 0 Å². The largest absolute Gasteiger partial charge is 0.380 e. The Labute approximate surface area is 174 Å². The maximum atomic E-state index is 12.1. The van der Waals surface area contributed by atoms with Gasteiger partial charge in [0.05, 0.1) is 22.1 Å². The van der Waals surface area contributed by atoms with Gasteiger partial charge in [-0.05, 0) is 35.9 Å². The Bertz CT molecular complexity index is 1100. The SMILES string of the molecule is N/C(=N\OC(=O)c1ccc(Cn2cc([N+](=O)[O-])cn2)cc1)c1ccc(Cl)cc1Cl. The zero-order valence-corrected chi connectivity index (χ0v) is 16.2. The lowest BCUT2D eigenvalue weighted by Crippen LogP contribution is -2.15. The number of benzene rings is 2. The summed E-state index contributed by atoms with van der Waals surface area (Å²) >= 11 is 11.9. The van der Waals surface area contributed by atoms with Gasteiger partial charge in [0.15, 0.2) is 5.84 Å². The van der Waals surface area contributed by atoms with Gasteiger partial charge >= 0.3 is 11.7 Å². The monoisotopic (exact) mass is 433 g/mol. The van der Waals surface area contributed by atoms with Gasteiger partial charge in [0.2, 0.25) is 0 Å². The van der Waals surface area contributed by atoms with E-state index in [4.69, 9.17) is 33.8 Å². The van der Waals surface area contributed by atoms with Gasteiger partial charge in [-0.1, -0.05) is 40.5 Å². The Balaban J connectivity index is 1.64. The molecule has 0 fully saturated rings. The highest BCUT2D eigenvalue weighted by molar-refractivity contribution is 6.36. The number of hydrogen-bond acceptors (Lipinski definition) is 6. The molecule has 0 aliphatic heterocycles. The fraction of sp³-hybridized carbons (Fsp3) is 0.0556. The number of halogens is 2. The van der Waals surface area contributed by atoms with Gasteiger partial charge in [0, 0.05) is 10.6 Å². The first kappa shape index (κ1) is 20.3. The number of rotatable bonds is 6. The standard InChI is InChI=1S/C18H13Cl2N5O4/c19-13-5-6-15(16(20)7-13)17(21)23-29-18(26)12-3-1-11(2-4-12)9-24-10-14(8-22-24)25(27)28/h1-8,10H,9H2,(H2,21,23). The summed E-state index contributed by atoms with van der Waals surface area (Å²) in [6, 6.07) is 11.1. The average molecular weight is 434 g/mol. The molecule has 2 aromatic carbocycles. The second kappa shape index (κ2) is 8.72. The first-order chi connectivity index (χ1) is 13.8. The van der Waals surface area contributed by atoms with Crippen molar-refractivity contribution in [1.82, 2.24) is 9.78 Å². The van der Waals surface area contributed by atoms with Crippen molar-refractivity contribution in [1.29, 1.82) is 0 Å². The van der Waals surface area contributed by atoms with Crippen LogP contribution in [0.2, 0.25) is 10.0 Å². The van der Waals surface area contributed by atoms with E-state index in [-0.39, 0.29) is 22.1 Å². The van der Waals surface area contributed by atoms with Gasteiger partial charge in [-0.25, -0.2) is 4.79 Å². The van der Waals surface area contributed by atoms with Gasteiger partial charge in [0.1, 0.15) is 12.4 Å². The first-order valence-electron chi connectivity index (χ1n) is 8.09. The third-order valence-electron chi connectivity index (χ3n) is 3.80. The Hall–Kier alpha value is -3.43. The molecule has 3 rings (SSSR count). The molecule has 0 aliphatic carbocycles. The molecule has 0 amide bonds. The number of amidine groups is 1. The fourth-order valence-electron chi connectivity index (χ4n) is 2.36. The summed E-state index contributed by atoms with van der Waals surface area (Å²) in [7, 11) is 0. The third-order valence-corrected chi connectivity index (χ3v) is 4.35. The van der Waals surface area contributed by atoms with Crippen LogP contribution in [0.5, 0.6) is 0 Å². The molecule has 0 saturated carbocycles. The van der Waals surface area contributed by atoms with Crippen molar-refractivity contribution in [3.05, 3.63) is 91.7 Å². The van der Waals surface area contributed by atoms with Crippen LogP contribution in [0.15, 0.2) is 60.0 Å². The van der Waals surface area contributed by atoms with Crippen molar-refractivity contribution < 1.29 is 14.6 Å². The minimum atomic E-state index is -0.709. The number of nitrogens with zero attached hydrogens (tertiary/aromatic N) is 4. The molecule has 0 bridgehead atoms. The van der Waals surface area contributed by atoms with E-state index in [1.165, 1.54) is 35.3 Å². The van der Waals surface area contributed by atoms with E-state index < -0.39 is 10.9 Å². The molecule has 0 atom stereocenters. The van der Waals surface area contributed by atoms with Gasteiger partial charge in [0.25, 0.3) is 0 Å². The van der Waals surface area contributed by atoms with E-state index in [1.54, 1.807) is 24.3 Å². The van der Waals surface area contributed by atoms with Crippen LogP contribution in [0.25, 0.3) is 0 Å². The highest BCUT2D eigenvalue weighted by atomic mass is 35.5. The van der Waals surface area contributed by atoms with Gasteiger partial charge in [-0.15, -0.1) is 0 Å². The van der Waals surface area contributed by atoms with Crippen molar-refractivity contribution in [3.8, 4) is 0 Å². The minimum Gasteiger partial charge on any atom is -0.380 e. The maximum absolute atomic E-state index is 12.1. The van der Waals surface area contributed by atoms with Crippen molar-refractivity contribution in [3.63, 3.8) is 0 Å². The number of hydrogen-bond donors (Lipinski definition) is 1. The lowest BCUT2D eigenvalue weighted by molar-refractivity contribution is -0.385. The van der Waals surface area contributed by atoms with Gasteiger partial charge in [-0.3, -0.25) is 14.8 Å². The number of carbonyl (C=O) groups is 1. The molecular formula is C18H13Cl2N5O4. The molecule has 3 aromatic rings. The van der Waals surface area contributed by atoms with Gasteiger partial charge < -0.3 is 10.6 Å². The van der Waals surface area contributed by atoms with Gasteiger partial charge in [-0.2, -0.15) is 5.10 Å². The zero-order chi connectivity index (χ0) is 21.0. The van der Waals surface area contributed by atoms with E-state index in [0.29, 0.717) is 17.1 Å². The summed E-state index contributed by atoms with van der Waals surface area (Å²) in [5.41, 5.74) is 7.12. The van der Waals surface area contributed by atoms with E-state index in [2.05, 4.69) is 10.3 Å². The zero-order valence-electron chi connectivity index (χ0n) is 14.7. The van der Waals surface area contributed by atoms with Crippen LogP contribution in [0, 0.1) is 10.1 Å². The lowest BCUT2D eigenvalue weighted by Gasteiger charge is -2.05. The molecule has 11 heteroatoms. The van der Waals surface area contributed by atoms with Crippen LogP contribution >= 0.6 is 23.2 Å². The van der Waals surface area contributed by atoms with Crippen molar-refractivity contribution in [2.24, 2.45) is 10.9 Å². The predicted molar refractivity (Wildman–Crippen MR) is 107 cm³/mol. The van der Waals surface area contributed by atoms with Crippen LogP contribution in [0.1, 0.15) is 21.5 Å². The van der Waals surface area contributed by atoms with Crippen molar-refractivity contribution in [2.45, 2.75) is 6.54 Å². The van der Waals surface area contributed by atoms with E-state index in [0.717, 1.165) is 5.56 Å². The molecule has 29 heavy (non-hydrogen) atoms. The summed E-state index contributed by atoms with van der Waals surface area (Å²) in [6.45, 7) is 0.309. The molecule has 1 aromatic heterocycles. The number of oxime groups is 1. The Morgan fingerprint density at radius 2 is 1.97 bits per heavy atom. The Morgan fingerprint density at radius 1 is 1.24 bits per heavy atom. The highest BCUT2D eigenvalue weighted by Gasteiger charge is 2.12. The molecule has 1 heterocycles. The molecule has 0 unspecified atom stereocenters. The molecule has 0 spiro atoms. The molecule has 0 saturated heterocycles. The van der Waals surface area contributed by atoms with Crippen LogP contribution in [-0.2, 0) is 11.4 Å². The van der Waals surface area contributed by atoms with Crippen LogP contribution < -0.4 is 5.73 Å². The summed E-state index contributed by atoms with van der Waals surface area (Å²) in [6.07, 6.45) is 2.49. The summed E-state index contributed by atoms with van der Waals surface area (Å²) in [4.78, 5) is 27.2. The highest BCUT2D eigenvalue weighted by Crippen LogP contribution is 2.21. The fourth-order valence-corrected chi connectivity index (χ4v) is 2.86. The number of nitrogens with two attached hydrogens (primary N) is 1. The number of carbonyl (C=O) groups excluding carboxylic acids is 1. The van der Waals surface area contributed by atoms with E-state index in [9.17, 15) is 14.9 Å². The Kier molecular flexibility index (Phi) is 6.10. The minimum absolute atomic E-state index is 0.0723. The number of aromatic nitrogens is 2. The Morgan fingerprint density at radius 3 is 2.59 bits per heavy atom. The van der Waals surface area contributed by atoms with Crippen LogP contribution in [0.4, 0.5) is 5.69 Å². The van der Waals surface area contributed by atoms with Crippen molar-refractivity contribution >= 4 is 40.7 Å². The summed E-state index contributed by atoms with van der Waals surface area (Å²) in [5, 5.41) is 18.9. The lowest BCUT2D eigenvalue weighted by atomic mass is 10.1. The number of nitro groups is 1. The predicted octanol–water partition coefficient (Wildman–Crippen LogP) is 3.62. The topological polar surface area (TPSA) is 126 Å². The quantitative estimate of drug-likeness (QED) is 0.208. The van der Waals surface area contributed by atoms with E-state index >= 15 is 0 Å². The first-order valence-corrected chi connectivity index (χ1v) is 8.85. The molecule has 2 N–H and O–H groups in total. The molecule has 0 aliphatic rings. The molecular weight excluding hydrogens is 421 g/mol. The summed E-state index contributed by atoms with van der Waals surface area (Å²) in [5.74, 6) is -0.781. The second-order valence-electron chi connectivity index (χ2n) is 5.83. The van der Waals surface area contributed by atoms with Crippen LogP contribution in [-0.4, -0.2) is 26.5 Å². The van der Waals surface area contributed by atoms with Crippen LogP contribution in [0.3, 0.4) is 0 Å². The molecule has 148 valence electrons. The molecule has 0 radical (unpaired) electrons. The summed E-state index contributed by atoms with van der Waals surface area (Å²) < 4.78 is 1.42. The maximum Gasteiger partial charge on any atom is 0.365 e. The van der Waals surface area contributed by atoms with E-state index in [1.807, 2.05) is 0 Å². The average Bonchev–Trinajstić information content (AvgIpc) is 3.15. The third kappa shape index (κ3) is 5.09.